The average Bonchev–Trinajstić information content (AvgIpc) is 3.15. The van der Waals surface area contributed by atoms with Crippen LogP contribution >= 0.6 is 0 Å². The van der Waals surface area contributed by atoms with E-state index < -0.39 is 5.41 Å². The van der Waals surface area contributed by atoms with Gasteiger partial charge in [-0.2, -0.15) is 5.26 Å². The van der Waals surface area contributed by atoms with Crippen LogP contribution in [-0.2, 0) is 5.41 Å². The molecular weight excluding hydrogens is 398 g/mol. The first-order valence-electron chi connectivity index (χ1n) is 10.3. The fourth-order valence-electron chi connectivity index (χ4n) is 3.95. The Labute approximate surface area is 185 Å². The molecule has 0 radical (unpaired) electrons. The SMILES string of the molecule is Cc1nc2cnc3ccc(-c4cnc(N)nc4)cc3c2n1-c1ccc(C(C)(C)C#N)cc1. The second-order valence-electron chi connectivity index (χ2n) is 8.33. The monoisotopic (exact) mass is 419 g/mol. The van der Waals surface area contributed by atoms with Crippen molar-refractivity contribution in [2.24, 2.45) is 0 Å². The molecule has 0 spiro atoms. The van der Waals surface area contributed by atoms with Gasteiger partial charge in [-0.05, 0) is 56.2 Å². The number of nitrogens with two attached hydrogens (primary N) is 1. The Kier molecular flexibility index (Phi) is 4.38. The van der Waals surface area contributed by atoms with Crippen LogP contribution in [0.4, 0.5) is 5.95 Å². The van der Waals surface area contributed by atoms with Gasteiger partial charge in [0.1, 0.15) is 11.3 Å². The number of hydrogen-bond acceptors (Lipinski definition) is 6. The molecule has 156 valence electrons. The highest BCUT2D eigenvalue weighted by molar-refractivity contribution is 6.04. The highest BCUT2D eigenvalue weighted by atomic mass is 15.1. The zero-order chi connectivity index (χ0) is 22.5. The first-order valence-corrected chi connectivity index (χ1v) is 10.3. The second kappa shape index (κ2) is 7.13. The number of imidazole rings is 1. The molecule has 2 N–H and O–H groups in total. The molecule has 0 aliphatic heterocycles. The van der Waals surface area contributed by atoms with E-state index in [-0.39, 0.29) is 5.95 Å². The summed E-state index contributed by atoms with van der Waals surface area (Å²) in [6.07, 6.45) is 5.24. The number of aromatic nitrogens is 5. The molecule has 0 amide bonds. The Morgan fingerprint density at radius 3 is 2.31 bits per heavy atom. The van der Waals surface area contributed by atoms with E-state index in [0.29, 0.717) is 0 Å². The molecule has 2 aromatic carbocycles. The lowest BCUT2D eigenvalue weighted by atomic mass is 9.86. The van der Waals surface area contributed by atoms with Gasteiger partial charge in [0, 0.05) is 29.0 Å². The summed E-state index contributed by atoms with van der Waals surface area (Å²) in [5.74, 6) is 1.11. The molecule has 7 heteroatoms. The van der Waals surface area contributed by atoms with Gasteiger partial charge in [0.15, 0.2) is 0 Å². The lowest BCUT2D eigenvalue weighted by Gasteiger charge is -2.17. The minimum absolute atomic E-state index is 0.246. The number of rotatable bonds is 3. The molecule has 0 unspecified atom stereocenters. The molecular formula is C25H21N7. The van der Waals surface area contributed by atoms with Crippen LogP contribution in [0.1, 0.15) is 25.2 Å². The maximum Gasteiger partial charge on any atom is 0.219 e. The van der Waals surface area contributed by atoms with Crippen LogP contribution in [0, 0.1) is 18.3 Å². The number of anilines is 1. The largest absolute Gasteiger partial charge is 0.368 e. The van der Waals surface area contributed by atoms with Crippen LogP contribution < -0.4 is 5.73 Å². The predicted octanol–water partition coefficient (Wildman–Crippen LogP) is 4.72. The molecule has 7 nitrogen and oxygen atoms in total. The number of benzene rings is 2. The van der Waals surface area contributed by atoms with Crippen LogP contribution in [0.5, 0.6) is 0 Å². The molecule has 0 bridgehead atoms. The Hall–Kier alpha value is -4.31. The van der Waals surface area contributed by atoms with E-state index in [1.54, 1.807) is 18.6 Å². The smallest absolute Gasteiger partial charge is 0.219 e. The maximum atomic E-state index is 9.45. The van der Waals surface area contributed by atoms with Crippen molar-refractivity contribution >= 4 is 27.9 Å². The zero-order valence-corrected chi connectivity index (χ0v) is 18.0. The van der Waals surface area contributed by atoms with Crippen molar-refractivity contribution in [3.63, 3.8) is 0 Å². The van der Waals surface area contributed by atoms with Crippen LogP contribution in [0.15, 0.2) is 61.1 Å². The lowest BCUT2D eigenvalue weighted by molar-refractivity contribution is 0.686. The van der Waals surface area contributed by atoms with Crippen molar-refractivity contribution in [2.45, 2.75) is 26.2 Å². The Morgan fingerprint density at radius 2 is 1.62 bits per heavy atom. The third-order valence-corrected chi connectivity index (χ3v) is 5.78. The van der Waals surface area contributed by atoms with Crippen molar-refractivity contribution < 1.29 is 0 Å². The number of nitrogen functional groups attached to an aromatic ring is 1. The van der Waals surface area contributed by atoms with Crippen molar-refractivity contribution in [1.82, 2.24) is 24.5 Å². The van der Waals surface area contributed by atoms with Crippen molar-refractivity contribution in [2.75, 3.05) is 5.73 Å². The van der Waals surface area contributed by atoms with Gasteiger partial charge in [-0.1, -0.05) is 18.2 Å². The van der Waals surface area contributed by atoms with Gasteiger partial charge in [-0.15, -0.1) is 0 Å². The minimum atomic E-state index is -0.544. The predicted molar refractivity (Wildman–Crippen MR) is 125 cm³/mol. The molecule has 3 aromatic heterocycles. The third kappa shape index (κ3) is 3.13. The molecule has 32 heavy (non-hydrogen) atoms. The maximum absolute atomic E-state index is 9.45. The summed E-state index contributed by atoms with van der Waals surface area (Å²) in [7, 11) is 0. The number of nitrogens with zero attached hydrogens (tertiary/aromatic N) is 6. The van der Waals surface area contributed by atoms with E-state index in [2.05, 4.69) is 31.7 Å². The fraction of sp³-hybridized carbons (Fsp3) is 0.160. The fourth-order valence-corrected chi connectivity index (χ4v) is 3.95. The Bertz CT molecular complexity index is 1510. The van der Waals surface area contributed by atoms with Crippen LogP contribution in [0.3, 0.4) is 0 Å². The summed E-state index contributed by atoms with van der Waals surface area (Å²) < 4.78 is 2.13. The van der Waals surface area contributed by atoms with E-state index in [1.165, 1.54) is 0 Å². The number of pyridine rings is 1. The molecule has 0 aliphatic rings. The van der Waals surface area contributed by atoms with Gasteiger partial charge < -0.3 is 5.73 Å². The van der Waals surface area contributed by atoms with E-state index >= 15 is 0 Å². The van der Waals surface area contributed by atoms with E-state index in [0.717, 1.165) is 50.1 Å². The molecule has 5 aromatic rings. The van der Waals surface area contributed by atoms with Gasteiger partial charge in [0.25, 0.3) is 0 Å². The standard InChI is InChI=1S/C25H21N7/c1-15-31-22-13-28-21-9-4-16(17-11-29-24(27)30-12-17)10-20(21)23(22)32(15)19-7-5-18(6-8-19)25(2,3)14-26/h4-13H,1-3H3,(H2,27,29,30). The number of aryl methyl sites for hydroxylation is 1. The highest BCUT2D eigenvalue weighted by Gasteiger charge is 2.20. The molecule has 5 rings (SSSR count). The molecule has 0 aliphatic carbocycles. The summed E-state index contributed by atoms with van der Waals surface area (Å²) in [5, 5.41) is 10.4. The lowest BCUT2D eigenvalue weighted by Crippen LogP contribution is -2.13. The highest BCUT2D eigenvalue weighted by Crippen LogP contribution is 2.32. The Balaban J connectivity index is 1.73. The van der Waals surface area contributed by atoms with E-state index in [1.807, 2.05) is 57.2 Å². The number of nitriles is 1. The average molecular weight is 419 g/mol. The van der Waals surface area contributed by atoms with E-state index in [9.17, 15) is 5.26 Å². The summed E-state index contributed by atoms with van der Waals surface area (Å²) in [4.78, 5) is 17.6. The van der Waals surface area contributed by atoms with Crippen molar-refractivity contribution in [3.05, 3.63) is 72.4 Å². The van der Waals surface area contributed by atoms with Gasteiger partial charge in [-0.3, -0.25) is 9.55 Å². The van der Waals surface area contributed by atoms with Gasteiger partial charge >= 0.3 is 0 Å². The van der Waals surface area contributed by atoms with E-state index in [4.69, 9.17) is 10.7 Å². The molecule has 0 saturated heterocycles. The molecule has 0 atom stereocenters. The summed E-state index contributed by atoms with van der Waals surface area (Å²) >= 11 is 0. The van der Waals surface area contributed by atoms with Gasteiger partial charge in [0.2, 0.25) is 5.95 Å². The van der Waals surface area contributed by atoms with Crippen molar-refractivity contribution in [3.8, 4) is 22.9 Å². The zero-order valence-electron chi connectivity index (χ0n) is 18.0. The second-order valence-corrected chi connectivity index (χ2v) is 8.33. The first-order chi connectivity index (χ1) is 15.4. The topological polar surface area (TPSA) is 106 Å². The first kappa shape index (κ1) is 19.6. The summed E-state index contributed by atoms with van der Waals surface area (Å²) in [5.41, 5.74) is 11.6. The van der Waals surface area contributed by atoms with Crippen LogP contribution in [0.25, 0.3) is 38.8 Å². The molecule has 0 saturated carbocycles. The van der Waals surface area contributed by atoms with Gasteiger partial charge in [0.05, 0.1) is 28.7 Å². The van der Waals surface area contributed by atoms with Crippen LogP contribution in [-0.4, -0.2) is 24.5 Å². The van der Waals surface area contributed by atoms with Crippen LogP contribution in [0.2, 0.25) is 0 Å². The number of hydrogen-bond donors (Lipinski definition) is 1. The summed E-state index contributed by atoms with van der Waals surface area (Å²) in [6, 6.07) is 16.5. The number of fused-ring (bicyclic) bond motifs is 3. The Morgan fingerprint density at radius 1 is 0.906 bits per heavy atom. The minimum Gasteiger partial charge on any atom is -0.368 e. The molecule has 0 fully saturated rings. The normalized spacial score (nSPS) is 11.7. The van der Waals surface area contributed by atoms with Crippen molar-refractivity contribution in [1.29, 1.82) is 5.26 Å². The third-order valence-electron chi connectivity index (χ3n) is 5.78. The van der Waals surface area contributed by atoms with Gasteiger partial charge in [-0.25, -0.2) is 15.0 Å². The quantitative estimate of drug-likeness (QED) is 0.453. The summed E-state index contributed by atoms with van der Waals surface area (Å²) in [6.45, 7) is 5.82. The molecule has 3 heterocycles.